The minimum absolute atomic E-state index is 0.0234. The third-order valence-corrected chi connectivity index (χ3v) is 7.33. The summed E-state index contributed by atoms with van der Waals surface area (Å²) in [4.78, 5) is 17.6. The van der Waals surface area contributed by atoms with Crippen molar-refractivity contribution >= 4 is 48.7 Å². The molecule has 0 atom stereocenters. The van der Waals surface area contributed by atoms with E-state index in [1.807, 2.05) is 13.8 Å². The molecule has 0 saturated carbocycles. The summed E-state index contributed by atoms with van der Waals surface area (Å²) >= 11 is 2.45. The molecule has 1 amide bonds. The second-order valence-corrected chi connectivity index (χ2v) is 9.65. The highest BCUT2D eigenvalue weighted by Gasteiger charge is 2.18. The first-order valence-electron chi connectivity index (χ1n) is 8.12. The van der Waals surface area contributed by atoms with Gasteiger partial charge in [-0.15, -0.1) is 22.7 Å². The number of benzene rings is 1. The van der Waals surface area contributed by atoms with E-state index in [0.717, 1.165) is 21.8 Å². The van der Waals surface area contributed by atoms with Crippen molar-refractivity contribution in [3.63, 3.8) is 0 Å². The molecule has 0 aliphatic rings. The topological polar surface area (TPSA) is 112 Å². The summed E-state index contributed by atoms with van der Waals surface area (Å²) < 4.78 is 27.1. The van der Waals surface area contributed by atoms with Crippen molar-refractivity contribution in [1.29, 1.82) is 5.26 Å². The second kappa shape index (κ2) is 8.10. The van der Waals surface area contributed by atoms with Crippen molar-refractivity contribution in [3.8, 4) is 6.07 Å². The summed E-state index contributed by atoms with van der Waals surface area (Å²) in [5.41, 5.74) is 1.76. The second-order valence-electron chi connectivity index (χ2n) is 5.89. The third kappa shape index (κ3) is 4.39. The fourth-order valence-electron chi connectivity index (χ4n) is 2.39. The number of carbonyl (C=O) groups excluding carboxylic acids is 1. The molecular formula is C18H16N4O3S3. The maximum absolute atomic E-state index is 12.3. The van der Waals surface area contributed by atoms with Gasteiger partial charge in [-0.25, -0.2) is 13.4 Å². The van der Waals surface area contributed by atoms with Gasteiger partial charge in [-0.05, 0) is 31.5 Å². The molecule has 3 rings (SSSR count). The number of nitriles is 1. The lowest BCUT2D eigenvalue weighted by Gasteiger charge is -2.04. The number of nitrogens with one attached hydrogen (secondary N) is 2. The van der Waals surface area contributed by atoms with Crippen LogP contribution in [0.25, 0.3) is 0 Å². The molecule has 0 bridgehead atoms. The molecule has 0 spiro atoms. The van der Waals surface area contributed by atoms with E-state index in [4.69, 9.17) is 0 Å². The highest BCUT2D eigenvalue weighted by molar-refractivity contribution is 7.93. The Morgan fingerprint density at radius 2 is 1.96 bits per heavy atom. The number of hydrogen-bond donors (Lipinski definition) is 2. The number of thiophene rings is 1. The lowest BCUT2D eigenvalue weighted by Crippen LogP contribution is -2.15. The number of nitrogens with zero attached hydrogens (tertiary/aromatic N) is 2. The van der Waals surface area contributed by atoms with Gasteiger partial charge in [0.15, 0.2) is 5.13 Å². The lowest BCUT2D eigenvalue weighted by molar-refractivity contribution is -0.115. The number of aromatic nitrogens is 1. The number of anilines is 2. The van der Waals surface area contributed by atoms with E-state index in [-0.39, 0.29) is 22.4 Å². The van der Waals surface area contributed by atoms with Crippen molar-refractivity contribution in [2.75, 3.05) is 10.0 Å². The standard InChI is InChI=1S/C18H16N4O3S3/c1-11-12(2)27-17(15(11)9-19)21-16(23)8-13-10-26-18(20-13)22-28(24,25)14-6-4-3-5-7-14/h3-7,10H,8H2,1-2H3,(H,20,22)(H,21,23). The quantitative estimate of drug-likeness (QED) is 0.617. The van der Waals surface area contributed by atoms with Gasteiger partial charge in [-0.1, -0.05) is 18.2 Å². The summed E-state index contributed by atoms with van der Waals surface area (Å²) in [6, 6.07) is 10.1. The van der Waals surface area contributed by atoms with Crippen LogP contribution in [0.3, 0.4) is 0 Å². The van der Waals surface area contributed by atoms with Gasteiger partial charge >= 0.3 is 0 Å². The number of aryl methyl sites for hydroxylation is 1. The summed E-state index contributed by atoms with van der Waals surface area (Å²) in [5, 5.41) is 14.3. The van der Waals surface area contributed by atoms with Crippen LogP contribution >= 0.6 is 22.7 Å². The van der Waals surface area contributed by atoms with Gasteiger partial charge in [0.1, 0.15) is 11.1 Å². The van der Waals surface area contributed by atoms with E-state index in [1.165, 1.54) is 23.5 Å². The van der Waals surface area contributed by atoms with E-state index < -0.39 is 10.0 Å². The summed E-state index contributed by atoms with van der Waals surface area (Å²) in [6.07, 6.45) is -0.0234. The van der Waals surface area contributed by atoms with E-state index in [1.54, 1.807) is 23.6 Å². The van der Waals surface area contributed by atoms with Gasteiger partial charge in [-0.2, -0.15) is 5.26 Å². The van der Waals surface area contributed by atoms with Crippen molar-refractivity contribution in [3.05, 3.63) is 57.4 Å². The molecule has 0 radical (unpaired) electrons. The van der Waals surface area contributed by atoms with E-state index in [0.29, 0.717) is 16.3 Å². The molecule has 0 unspecified atom stereocenters. The van der Waals surface area contributed by atoms with Crippen molar-refractivity contribution in [1.82, 2.24) is 4.98 Å². The minimum atomic E-state index is -3.73. The largest absolute Gasteiger partial charge is 0.316 e. The molecule has 144 valence electrons. The average molecular weight is 433 g/mol. The van der Waals surface area contributed by atoms with Crippen LogP contribution in [0.4, 0.5) is 10.1 Å². The van der Waals surface area contributed by atoms with Crippen LogP contribution in [-0.4, -0.2) is 19.3 Å². The summed E-state index contributed by atoms with van der Waals surface area (Å²) in [6.45, 7) is 3.73. The molecule has 7 nitrogen and oxygen atoms in total. The Bertz CT molecular complexity index is 1160. The zero-order chi connectivity index (χ0) is 20.3. The van der Waals surface area contributed by atoms with Gasteiger partial charge in [0.25, 0.3) is 10.0 Å². The first kappa shape index (κ1) is 20.0. The predicted octanol–water partition coefficient (Wildman–Crippen LogP) is 3.68. The monoisotopic (exact) mass is 432 g/mol. The van der Waals surface area contributed by atoms with Crippen LogP contribution in [0.2, 0.25) is 0 Å². The summed E-state index contributed by atoms with van der Waals surface area (Å²) in [5.74, 6) is -0.319. The van der Waals surface area contributed by atoms with Crippen LogP contribution in [-0.2, 0) is 21.2 Å². The molecule has 0 fully saturated rings. The average Bonchev–Trinajstić information content (AvgIpc) is 3.19. The zero-order valence-electron chi connectivity index (χ0n) is 15.0. The SMILES string of the molecule is Cc1sc(NC(=O)Cc2csc(NS(=O)(=O)c3ccccc3)n2)c(C#N)c1C. The minimum Gasteiger partial charge on any atom is -0.316 e. The van der Waals surface area contributed by atoms with E-state index in [9.17, 15) is 18.5 Å². The van der Waals surface area contributed by atoms with Gasteiger partial charge in [0.2, 0.25) is 5.91 Å². The Hall–Kier alpha value is -2.74. The number of sulfonamides is 1. The number of amides is 1. The van der Waals surface area contributed by atoms with E-state index in [2.05, 4.69) is 21.1 Å². The van der Waals surface area contributed by atoms with Crippen molar-refractivity contribution < 1.29 is 13.2 Å². The molecule has 2 N–H and O–H groups in total. The normalized spacial score (nSPS) is 11.0. The van der Waals surface area contributed by atoms with Crippen LogP contribution < -0.4 is 10.0 Å². The highest BCUT2D eigenvalue weighted by atomic mass is 32.2. The summed E-state index contributed by atoms with van der Waals surface area (Å²) in [7, 11) is -3.73. The number of hydrogen-bond acceptors (Lipinski definition) is 7. The predicted molar refractivity (Wildman–Crippen MR) is 110 cm³/mol. The maximum Gasteiger partial charge on any atom is 0.263 e. The maximum atomic E-state index is 12.3. The highest BCUT2D eigenvalue weighted by Crippen LogP contribution is 2.31. The van der Waals surface area contributed by atoms with E-state index >= 15 is 0 Å². The molecule has 2 aromatic heterocycles. The lowest BCUT2D eigenvalue weighted by atomic mass is 10.2. The molecule has 10 heteroatoms. The Morgan fingerprint density at radius 3 is 2.64 bits per heavy atom. The van der Waals surface area contributed by atoms with Gasteiger partial charge in [0, 0.05) is 10.3 Å². The fraction of sp³-hybridized carbons (Fsp3) is 0.167. The Morgan fingerprint density at radius 1 is 1.25 bits per heavy atom. The molecular weight excluding hydrogens is 416 g/mol. The van der Waals surface area contributed by atoms with Crippen LogP contribution in [0, 0.1) is 25.2 Å². The Labute approximate surface area is 170 Å². The van der Waals surface area contributed by atoms with Crippen LogP contribution in [0.15, 0.2) is 40.6 Å². The number of thiazole rings is 1. The van der Waals surface area contributed by atoms with Crippen molar-refractivity contribution in [2.24, 2.45) is 0 Å². The molecule has 1 aromatic carbocycles. The van der Waals surface area contributed by atoms with Gasteiger partial charge in [0.05, 0.1) is 22.6 Å². The Balaban J connectivity index is 1.67. The molecule has 0 saturated heterocycles. The number of rotatable bonds is 6. The smallest absolute Gasteiger partial charge is 0.263 e. The first-order valence-corrected chi connectivity index (χ1v) is 11.3. The molecule has 2 heterocycles. The van der Waals surface area contributed by atoms with Gasteiger partial charge < -0.3 is 5.32 Å². The van der Waals surface area contributed by atoms with Gasteiger partial charge in [-0.3, -0.25) is 9.52 Å². The molecule has 3 aromatic rings. The Kier molecular flexibility index (Phi) is 5.79. The number of carbonyl (C=O) groups is 1. The molecule has 0 aliphatic heterocycles. The van der Waals surface area contributed by atoms with Crippen LogP contribution in [0.5, 0.6) is 0 Å². The fourth-order valence-corrected chi connectivity index (χ4v) is 5.40. The molecule has 28 heavy (non-hydrogen) atoms. The molecule has 0 aliphatic carbocycles. The zero-order valence-corrected chi connectivity index (χ0v) is 17.5. The first-order chi connectivity index (χ1) is 13.3. The van der Waals surface area contributed by atoms with Crippen molar-refractivity contribution in [2.45, 2.75) is 25.2 Å². The third-order valence-electron chi connectivity index (χ3n) is 3.92. The van der Waals surface area contributed by atoms with Crippen LogP contribution in [0.1, 0.15) is 21.7 Å².